The second-order valence-corrected chi connectivity index (χ2v) is 2.98. The van der Waals surface area contributed by atoms with Crippen LogP contribution in [0.4, 0.5) is 4.39 Å². The van der Waals surface area contributed by atoms with Crippen LogP contribution in [0.25, 0.3) is 0 Å². The summed E-state index contributed by atoms with van der Waals surface area (Å²) in [6, 6.07) is 5.92. The molecule has 0 saturated carbocycles. The van der Waals surface area contributed by atoms with E-state index < -0.39 is 0 Å². The largest absolute Gasteiger partial charge is 0.374 e. The molecular formula is C11H13FO2. The van der Waals surface area contributed by atoms with Gasteiger partial charge in [0.15, 0.2) is 5.78 Å². The molecule has 0 radical (unpaired) electrons. The van der Waals surface area contributed by atoms with Gasteiger partial charge in [0.1, 0.15) is 12.4 Å². The highest BCUT2D eigenvalue weighted by Crippen LogP contribution is 2.03. The Morgan fingerprint density at radius 1 is 1.36 bits per heavy atom. The van der Waals surface area contributed by atoms with Crippen LogP contribution >= 0.6 is 0 Å². The summed E-state index contributed by atoms with van der Waals surface area (Å²) in [7, 11) is 0. The first kappa shape index (κ1) is 10.9. The van der Waals surface area contributed by atoms with Gasteiger partial charge in [0, 0.05) is 13.0 Å². The van der Waals surface area contributed by atoms with Gasteiger partial charge in [-0.05, 0) is 24.6 Å². The first-order valence-electron chi connectivity index (χ1n) is 4.56. The van der Waals surface area contributed by atoms with Crippen LogP contribution in [0.5, 0.6) is 0 Å². The Balaban J connectivity index is 2.44. The van der Waals surface area contributed by atoms with E-state index in [9.17, 15) is 9.18 Å². The summed E-state index contributed by atoms with van der Waals surface area (Å²) in [5.74, 6) is -0.274. The number of hydrogen-bond acceptors (Lipinski definition) is 2. The lowest BCUT2D eigenvalue weighted by Crippen LogP contribution is -2.11. The van der Waals surface area contributed by atoms with Crippen molar-refractivity contribution in [2.75, 3.05) is 13.2 Å². The van der Waals surface area contributed by atoms with Crippen molar-refractivity contribution in [3.8, 4) is 0 Å². The average Bonchev–Trinajstić information content (AvgIpc) is 2.18. The second-order valence-electron chi connectivity index (χ2n) is 2.98. The maximum atomic E-state index is 12.5. The first-order valence-corrected chi connectivity index (χ1v) is 4.56. The van der Waals surface area contributed by atoms with Gasteiger partial charge in [-0.3, -0.25) is 4.79 Å². The summed E-state index contributed by atoms with van der Waals surface area (Å²) >= 11 is 0. The minimum absolute atomic E-state index is 0.0125. The molecule has 0 saturated heterocycles. The van der Waals surface area contributed by atoms with Crippen LogP contribution in [-0.2, 0) is 16.0 Å². The van der Waals surface area contributed by atoms with Crippen molar-refractivity contribution in [2.24, 2.45) is 0 Å². The smallest absolute Gasteiger partial charge is 0.162 e. The number of ketones is 1. The fraction of sp³-hybridized carbons (Fsp3) is 0.364. The van der Waals surface area contributed by atoms with Crippen LogP contribution in [0.15, 0.2) is 24.3 Å². The van der Waals surface area contributed by atoms with Gasteiger partial charge < -0.3 is 4.74 Å². The highest BCUT2D eigenvalue weighted by atomic mass is 19.1. The molecule has 0 fully saturated rings. The number of ether oxygens (including phenoxy) is 1. The molecule has 1 aromatic carbocycles. The molecule has 0 heterocycles. The molecular weight excluding hydrogens is 183 g/mol. The molecule has 0 spiro atoms. The molecule has 0 N–H and O–H groups in total. The molecule has 0 atom stereocenters. The molecule has 0 aliphatic carbocycles. The van der Waals surface area contributed by atoms with Crippen molar-refractivity contribution in [3.05, 3.63) is 35.6 Å². The Morgan fingerprint density at radius 3 is 2.57 bits per heavy atom. The van der Waals surface area contributed by atoms with Gasteiger partial charge in [0.05, 0.1) is 0 Å². The molecule has 1 aromatic rings. The maximum Gasteiger partial charge on any atom is 0.162 e. The topological polar surface area (TPSA) is 26.3 Å². The Morgan fingerprint density at radius 2 is 2.00 bits per heavy atom. The van der Waals surface area contributed by atoms with Crippen molar-refractivity contribution < 1.29 is 13.9 Å². The van der Waals surface area contributed by atoms with E-state index in [1.165, 1.54) is 12.1 Å². The number of carbonyl (C=O) groups is 1. The summed E-state index contributed by atoms with van der Waals surface area (Å²) in [5.41, 5.74) is 0.816. The fourth-order valence-corrected chi connectivity index (χ4v) is 1.10. The monoisotopic (exact) mass is 196 g/mol. The third-order valence-corrected chi connectivity index (χ3v) is 1.78. The third kappa shape index (κ3) is 3.66. The summed E-state index contributed by atoms with van der Waals surface area (Å²) < 4.78 is 17.5. The Kier molecular flexibility index (Phi) is 4.26. The van der Waals surface area contributed by atoms with Gasteiger partial charge in [-0.2, -0.15) is 0 Å². The third-order valence-electron chi connectivity index (χ3n) is 1.78. The number of halogens is 1. The normalized spacial score (nSPS) is 10.1. The van der Waals surface area contributed by atoms with Crippen LogP contribution in [0, 0.1) is 5.82 Å². The minimum atomic E-state index is -0.286. The zero-order valence-electron chi connectivity index (χ0n) is 8.13. The average molecular weight is 196 g/mol. The highest BCUT2D eigenvalue weighted by Gasteiger charge is 2.03. The summed E-state index contributed by atoms with van der Waals surface area (Å²) in [4.78, 5) is 11.2. The standard InChI is InChI=1S/C11H13FO2/c1-2-14-8-11(13)7-9-3-5-10(12)6-4-9/h3-6H,2,7-8H2,1H3. The number of carbonyl (C=O) groups excluding carboxylic acids is 1. The lowest BCUT2D eigenvalue weighted by molar-refractivity contribution is -0.122. The molecule has 0 aliphatic rings. The second kappa shape index (κ2) is 5.50. The quantitative estimate of drug-likeness (QED) is 0.719. The van der Waals surface area contributed by atoms with E-state index >= 15 is 0 Å². The van der Waals surface area contributed by atoms with E-state index in [4.69, 9.17) is 4.74 Å². The lowest BCUT2D eigenvalue weighted by Gasteiger charge is -2.01. The van der Waals surface area contributed by atoms with E-state index in [-0.39, 0.29) is 18.2 Å². The van der Waals surface area contributed by atoms with Gasteiger partial charge in [-0.15, -0.1) is 0 Å². The molecule has 0 bridgehead atoms. The molecule has 2 nitrogen and oxygen atoms in total. The van der Waals surface area contributed by atoms with Gasteiger partial charge in [-0.1, -0.05) is 12.1 Å². The molecule has 0 unspecified atom stereocenters. The number of rotatable bonds is 5. The van der Waals surface area contributed by atoms with Gasteiger partial charge >= 0.3 is 0 Å². The van der Waals surface area contributed by atoms with Crippen molar-refractivity contribution in [3.63, 3.8) is 0 Å². The predicted octanol–water partition coefficient (Wildman–Crippen LogP) is 1.97. The van der Waals surface area contributed by atoms with Gasteiger partial charge in [0.2, 0.25) is 0 Å². The highest BCUT2D eigenvalue weighted by molar-refractivity contribution is 5.81. The molecule has 14 heavy (non-hydrogen) atoms. The van der Waals surface area contributed by atoms with Crippen LogP contribution in [0.1, 0.15) is 12.5 Å². The summed E-state index contributed by atoms with van der Waals surface area (Å²) in [6.45, 7) is 2.51. The molecule has 1 rings (SSSR count). The molecule has 76 valence electrons. The predicted molar refractivity (Wildman–Crippen MR) is 51.6 cm³/mol. The zero-order valence-corrected chi connectivity index (χ0v) is 8.13. The molecule has 0 aliphatic heterocycles. The van der Waals surface area contributed by atoms with Crippen LogP contribution in [0.3, 0.4) is 0 Å². The van der Waals surface area contributed by atoms with Crippen LogP contribution in [0.2, 0.25) is 0 Å². The van der Waals surface area contributed by atoms with Gasteiger partial charge in [0.25, 0.3) is 0 Å². The zero-order chi connectivity index (χ0) is 10.4. The van der Waals surface area contributed by atoms with Crippen LogP contribution in [-0.4, -0.2) is 19.0 Å². The SMILES string of the molecule is CCOCC(=O)Cc1ccc(F)cc1. The molecule has 0 amide bonds. The summed E-state index contributed by atoms with van der Waals surface area (Å²) in [5, 5.41) is 0. The maximum absolute atomic E-state index is 12.5. The minimum Gasteiger partial charge on any atom is -0.374 e. The van der Waals surface area contributed by atoms with E-state index in [0.717, 1.165) is 5.56 Å². The Hall–Kier alpha value is -1.22. The fourth-order valence-electron chi connectivity index (χ4n) is 1.10. The van der Waals surface area contributed by atoms with Crippen molar-refractivity contribution in [2.45, 2.75) is 13.3 Å². The van der Waals surface area contributed by atoms with Crippen molar-refractivity contribution in [1.29, 1.82) is 0 Å². The Labute approximate surface area is 82.7 Å². The first-order chi connectivity index (χ1) is 6.72. The van der Waals surface area contributed by atoms with E-state index in [0.29, 0.717) is 13.0 Å². The number of hydrogen-bond donors (Lipinski definition) is 0. The van der Waals surface area contributed by atoms with Gasteiger partial charge in [-0.25, -0.2) is 4.39 Å². The van der Waals surface area contributed by atoms with E-state index in [1.54, 1.807) is 12.1 Å². The summed E-state index contributed by atoms with van der Waals surface area (Å²) in [6.07, 6.45) is 0.306. The van der Waals surface area contributed by atoms with Crippen molar-refractivity contribution in [1.82, 2.24) is 0 Å². The lowest BCUT2D eigenvalue weighted by atomic mass is 10.1. The number of benzene rings is 1. The van der Waals surface area contributed by atoms with Crippen LogP contribution < -0.4 is 0 Å². The molecule has 0 aromatic heterocycles. The molecule has 3 heteroatoms. The number of Topliss-reactive ketones (excluding diaryl/α,β-unsaturated/α-hetero) is 1. The van der Waals surface area contributed by atoms with E-state index in [2.05, 4.69) is 0 Å². The van der Waals surface area contributed by atoms with E-state index in [1.807, 2.05) is 6.92 Å². The Bertz CT molecular complexity index is 293. The van der Waals surface area contributed by atoms with Crippen molar-refractivity contribution >= 4 is 5.78 Å².